The van der Waals surface area contributed by atoms with Crippen molar-refractivity contribution >= 4 is 51.4 Å². The van der Waals surface area contributed by atoms with Crippen LogP contribution in [0.25, 0.3) is 16.3 Å². The van der Waals surface area contributed by atoms with E-state index in [4.69, 9.17) is 16.3 Å². The Morgan fingerprint density at radius 2 is 1.51 bits per heavy atom. The maximum absolute atomic E-state index is 14.0. The third-order valence-electron chi connectivity index (χ3n) is 7.74. The minimum absolute atomic E-state index is 0.335. The van der Waals surface area contributed by atoms with Crippen LogP contribution in [-0.2, 0) is 14.4 Å². The number of ether oxygens (including phenoxy) is 1. The van der Waals surface area contributed by atoms with Crippen LogP contribution in [0.2, 0.25) is 5.02 Å². The van der Waals surface area contributed by atoms with Crippen molar-refractivity contribution in [1.82, 2.24) is 0 Å². The lowest BCUT2D eigenvalue weighted by Crippen LogP contribution is -2.42. The van der Waals surface area contributed by atoms with Crippen LogP contribution in [-0.4, -0.2) is 17.8 Å². The monoisotopic (exact) mass is 505 g/mol. The molecule has 4 aromatic carbocycles. The molecule has 180 valence electrons. The third kappa shape index (κ3) is 3.20. The quantitative estimate of drug-likeness (QED) is 0.190. The Bertz CT molecular complexity index is 1660. The van der Waals surface area contributed by atoms with Crippen LogP contribution in [0.15, 0.2) is 97.1 Å². The second-order valence-corrected chi connectivity index (χ2v) is 10.1. The molecule has 4 atom stereocenters. The smallest absolute Gasteiger partial charge is 0.319 e. The van der Waals surface area contributed by atoms with Gasteiger partial charge in [0.2, 0.25) is 11.8 Å². The summed E-state index contributed by atoms with van der Waals surface area (Å²) in [4.78, 5) is 42.7. The highest BCUT2D eigenvalue weighted by molar-refractivity contribution is 6.31. The molecule has 0 aromatic heterocycles. The van der Waals surface area contributed by atoms with Crippen LogP contribution in [0.1, 0.15) is 17.0 Å². The molecule has 4 aromatic rings. The summed E-state index contributed by atoms with van der Waals surface area (Å²) in [6.07, 6.45) is 2.00. The molecule has 1 aliphatic carbocycles. The van der Waals surface area contributed by atoms with E-state index in [-0.39, 0.29) is 11.8 Å². The molecule has 7 rings (SSSR count). The van der Waals surface area contributed by atoms with E-state index in [1.54, 1.807) is 24.3 Å². The molecular formula is C31H20ClNO4. The van der Waals surface area contributed by atoms with Crippen molar-refractivity contribution in [2.24, 2.45) is 17.8 Å². The molecule has 5 nitrogen and oxygen atoms in total. The fraction of sp³-hybridized carbons (Fsp3) is 0.129. The minimum atomic E-state index is -0.885. The summed E-state index contributed by atoms with van der Waals surface area (Å²) >= 11 is 6.20. The van der Waals surface area contributed by atoms with Crippen LogP contribution in [0.3, 0.4) is 0 Å². The number of carbonyl (C=O) groups is 3. The van der Waals surface area contributed by atoms with Gasteiger partial charge in [-0.05, 0) is 34.7 Å². The Balaban J connectivity index is 1.45. The summed E-state index contributed by atoms with van der Waals surface area (Å²) < 4.78 is 5.92. The number of allylic oxidation sites excluding steroid dienone is 1. The van der Waals surface area contributed by atoms with E-state index in [0.717, 1.165) is 27.5 Å². The van der Waals surface area contributed by atoms with Crippen molar-refractivity contribution in [1.29, 1.82) is 0 Å². The minimum Gasteiger partial charge on any atom is -0.425 e. The zero-order valence-electron chi connectivity index (χ0n) is 19.5. The van der Waals surface area contributed by atoms with Gasteiger partial charge in [-0.25, -0.2) is 4.90 Å². The van der Waals surface area contributed by atoms with E-state index in [9.17, 15) is 14.4 Å². The number of nitrogens with zero attached hydrogens (tertiary/aromatic N) is 1. The van der Waals surface area contributed by atoms with Gasteiger partial charge < -0.3 is 4.74 Å². The first kappa shape index (κ1) is 22.0. The second-order valence-electron chi connectivity index (χ2n) is 9.66. The van der Waals surface area contributed by atoms with Crippen LogP contribution in [0, 0.1) is 17.8 Å². The van der Waals surface area contributed by atoms with Crippen LogP contribution >= 0.6 is 11.6 Å². The van der Waals surface area contributed by atoms with E-state index in [1.165, 1.54) is 4.90 Å². The molecule has 0 unspecified atom stereocenters. The Morgan fingerprint density at radius 3 is 2.32 bits per heavy atom. The highest BCUT2D eigenvalue weighted by atomic mass is 35.5. The van der Waals surface area contributed by atoms with E-state index in [2.05, 4.69) is 0 Å². The Kier molecular flexibility index (Phi) is 4.85. The first-order valence-corrected chi connectivity index (χ1v) is 12.5. The van der Waals surface area contributed by atoms with Crippen LogP contribution < -0.4 is 9.64 Å². The SMILES string of the molecule is O=C1Oc2c(ccc3ccccc23)C2=C[C@H](c3ccccc3)[C@@H]3C(=O)N(c4cccc(Cl)c4)C(=O)[C@H]3[C@@H]12. The number of halogens is 1. The van der Waals surface area contributed by atoms with Crippen LogP contribution in [0.5, 0.6) is 5.75 Å². The third-order valence-corrected chi connectivity index (χ3v) is 7.97. The summed E-state index contributed by atoms with van der Waals surface area (Å²) in [5.74, 6) is -3.64. The molecule has 0 saturated carbocycles. The Morgan fingerprint density at radius 1 is 0.757 bits per heavy atom. The Hall–Kier alpha value is -4.22. The highest BCUT2D eigenvalue weighted by Gasteiger charge is 2.60. The maximum atomic E-state index is 14.0. The molecule has 2 amide bonds. The van der Waals surface area contributed by atoms with E-state index >= 15 is 0 Å². The van der Waals surface area contributed by atoms with Gasteiger partial charge in [0.15, 0.2) is 0 Å². The number of hydrogen-bond donors (Lipinski definition) is 0. The molecule has 2 heterocycles. The lowest BCUT2D eigenvalue weighted by molar-refractivity contribution is -0.142. The summed E-state index contributed by atoms with van der Waals surface area (Å²) in [5.41, 5.74) is 2.84. The molecule has 1 fully saturated rings. The summed E-state index contributed by atoms with van der Waals surface area (Å²) in [6, 6.07) is 28.0. The molecule has 0 bridgehead atoms. The highest BCUT2D eigenvalue weighted by Crippen LogP contribution is 2.55. The lowest BCUT2D eigenvalue weighted by atomic mass is 9.64. The fourth-order valence-electron chi connectivity index (χ4n) is 6.16. The van der Waals surface area contributed by atoms with E-state index in [1.807, 2.05) is 72.8 Å². The zero-order chi connectivity index (χ0) is 25.3. The molecular weight excluding hydrogens is 486 g/mol. The van der Waals surface area contributed by atoms with Crippen LogP contribution in [0.4, 0.5) is 5.69 Å². The van der Waals surface area contributed by atoms with E-state index < -0.39 is 29.6 Å². The average molecular weight is 506 g/mol. The molecule has 6 heteroatoms. The topological polar surface area (TPSA) is 63.7 Å². The van der Waals surface area contributed by atoms with Gasteiger partial charge in [0.25, 0.3) is 0 Å². The number of fused-ring (bicyclic) bond motifs is 7. The summed E-state index contributed by atoms with van der Waals surface area (Å²) in [6.45, 7) is 0. The normalized spacial score (nSPS) is 24.3. The van der Waals surface area contributed by atoms with Gasteiger partial charge in [-0.2, -0.15) is 0 Å². The first-order valence-electron chi connectivity index (χ1n) is 12.2. The number of esters is 1. The predicted octanol–water partition coefficient (Wildman–Crippen LogP) is 6.02. The van der Waals surface area contributed by atoms with Gasteiger partial charge >= 0.3 is 5.97 Å². The molecule has 37 heavy (non-hydrogen) atoms. The largest absolute Gasteiger partial charge is 0.425 e. The number of anilines is 1. The van der Waals surface area contributed by atoms with Crippen molar-refractivity contribution in [2.45, 2.75) is 5.92 Å². The van der Waals surface area contributed by atoms with Gasteiger partial charge in [0.05, 0.1) is 23.4 Å². The standard InChI is InChI=1S/C31H20ClNO4/c32-19-10-6-11-20(15-19)33-29(34)25-23(17-7-2-1-3-8-17)16-24-22-14-13-18-9-4-5-12-21(18)28(22)37-31(36)26(24)27(25)30(33)35/h1-16,23,25-27H/t23-,25+,26+,27-/m1/s1. The number of carbonyl (C=O) groups excluding carboxylic acids is 3. The number of amides is 2. The van der Waals surface area contributed by atoms with Crippen molar-refractivity contribution in [3.8, 4) is 5.75 Å². The van der Waals surface area contributed by atoms with Gasteiger partial charge in [0.1, 0.15) is 5.75 Å². The second kappa shape index (κ2) is 8.15. The van der Waals surface area contributed by atoms with Crippen molar-refractivity contribution in [3.63, 3.8) is 0 Å². The summed E-state index contributed by atoms with van der Waals surface area (Å²) in [5, 5.41) is 2.21. The van der Waals surface area contributed by atoms with Gasteiger partial charge in [-0.3, -0.25) is 14.4 Å². The first-order chi connectivity index (χ1) is 18.0. The lowest BCUT2D eigenvalue weighted by Gasteiger charge is -2.38. The molecule has 0 N–H and O–H groups in total. The summed E-state index contributed by atoms with van der Waals surface area (Å²) in [7, 11) is 0. The molecule has 0 spiro atoms. The molecule has 1 saturated heterocycles. The fourth-order valence-corrected chi connectivity index (χ4v) is 6.34. The molecule has 3 aliphatic rings. The van der Waals surface area contributed by atoms with Gasteiger partial charge in [0, 0.05) is 21.9 Å². The van der Waals surface area contributed by atoms with Gasteiger partial charge in [-0.1, -0.05) is 90.5 Å². The maximum Gasteiger partial charge on any atom is 0.319 e. The number of hydrogen-bond acceptors (Lipinski definition) is 4. The van der Waals surface area contributed by atoms with Crippen molar-refractivity contribution < 1.29 is 19.1 Å². The van der Waals surface area contributed by atoms with Gasteiger partial charge in [-0.15, -0.1) is 0 Å². The van der Waals surface area contributed by atoms with Crippen molar-refractivity contribution in [2.75, 3.05) is 4.90 Å². The Labute approximate surface area is 217 Å². The van der Waals surface area contributed by atoms with Crippen molar-refractivity contribution in [3.05, 3.63) is 113 Å². The molecule has 0 radical (unpaired) electrons. The zero-order valence-corrected chi connectivity index (χ0v) is 20.3. The number of benzene rings is 4. The predicted molar refractivity (Wildman–Crippen MR) is 141 cm³/mol. The number of rotatable bonds is 2. The molecule has 2 aliphatic heterocycles. The number of imide groups is 1. The van der Waals surface area contributed by atoms with E-state index in [0.29, 0.717) is 16.5 Å². The average Bonchev–Trinajstić information content (AvgIpc) is 3.18.